The van der Waals surface area contributed by atoms with Crippen LogP contribution in [0, 0.1) is 5.41 Å². The van der Waals surface area contributed by atoms with Crippen LogP contribution in [0.5, 0.6) is 5.75 Å². The highest BCUT2D eigenvalue weighted by molar-refractivity contribution is 6.01. The van der Waals surface area contributed by atoms with Gasteiger partial charge >= 0.3 is 0 Å². The third-order valence-corrected chi connectivity index (χ3v) is 4.27. The fourth-order valence-electron chi connectivity index (χ4n) is 3.11. The van der Waals surface area contributed by atoms with E-state index < -0.39 is 0 Å². The third-order valence-electron chi connectivity index (χ3n) is 4.27. The molecule has 0 spiro atoms. The molecule has 0 radical (unpaired) electrons. The second kappa shape index (κ2) is 6.79. The van der Waals surface area contributed by atoms with Crippen molar-refractivity contribution in [3.8, 4) is 5.75 Å². The van der Waals surface area contributed by atoms with Crippen molar-refractivity contribution in [1.29, 1.82) is 5.41 Å². The van der Waals surface area contributed by atoms with Crippen LogP contribution in [-0.2, 0) is 4.79 Å². The molecule has 23 heavy (non-hydrogen) atoms. The van der Waals surface area contributed by atoms with Crippen LogP contribution in [0.1, 0.15) is 24.8 Å². The van der Waals surface area contributed by atoms with Crippen molar-refractivity contribution in [3.63, 3.8) is 0 Å². The molecule has 0 saturated heterocycles. The second-order valence-corrected chi connectivity index (χ2v) is 5.97. The lowest BCUT2D eigenvalue weighted by Gasteiger charge is -2.14. The number of carbonyl (C=O) groups is 1. The molecule has 2 unspecified atom stereocenters. The minimum atomic E-state index is -0.121. The first-order chi connectivity index (χ1) is 11.2. The lowest BCUT2D eigenvalue weighted by molar-refractivity contribution is -0.123. The number of carbonyl (C=O) groups excluding carboxylic acids is 1. The highest BCUT2D eigenvalue weighted by Gasteiger charge is 2.23. The maximum absolute atomic E-state index is 12.0. The molecule has 5 heteroatoms. The summed E-state index contributed by atoms with van der Waals surface area (Å²) in [6, 6.07) is 11.7. The molecule has 2 aromatic rings. The van der Waals surface area contributed by atoms with E-state index >= 15 is 0 Å². The number of ether oxygens (including phenoxy) is 1. The summed E-state index contributed by atoms with van der Waals surface area (Å²) in [7, 11) is 0. The van der Waals surface area contributed by atoms with Crippen molar-refractivity contribution in [3.05, 3.63) is 42.0 Å². The Morgan fingerprint density at radius 1 is 1.26 bits per heavy atom. The van der Waals surface area contributed by atoms with Crippen LogP contribution in [0.15, 0.2) is 36.4 Å². The van der Waals surface area contributed by atoms with Gasteiger partial charge in [-0.05, 0) is 36.8 Å². The predicted octanol–water partition coefficient (Wildman–Crippen LogP) is 2.21. The Morgan fingerprint density at radius 3 is 2.74 bits per heavy atom. The van der Waals surface area contributed by atoms with Crippen LogP contribution in [0.3, 0.4) is 0 Å². The molecule has 0 heterocycles. The molecule has 0 aromatic heterocycles. The van der Waals surface area contributed by atoms with Gasteiger partial charge in [0, 0.05) is 29.2 Å². The maximum atomic E-state index is 12.0. The number of hydrogen-bond acceptors (Lipinski definition) is 4. The molecule has 4 N–H and O–H groups in total. The zero-order chi connectivity index (χ0) is 16.2. The van der Waals surface area contributed by atoms with Gasteiger partial charge in [0.15, 0.2) is 6.61 Å². The number of nitrogens with one attached hydrogen (secondary N) is 2. The summed E-state index contributed by atoms with van der Waals surface area (Å²) in [5, 5.41) is 12.3. The molecule has 1 fully saturated rings. The number of benzene rings is 2. The van der Waals surface area contributed by atoms with Crippen LogP contribution >= 0.6 is 0 Å². The lowest BCUT2D eigenvalue weighted by Crippen LogP contribution is -2.37. The minimum Gasteiger partial charge on any atom is -0.483 e. The molecule has 5 nitrogen and oxygen atoms in total. The van der Waals surface area contributed by atoms with Gasteiger partial charge in [-0.2, -0.15) is 0 Å². The van der Waals surface area contributed by atoms with Crippen LogP contribution < -0.4 is 15.8 Å². The van der Waals surface area contributed by atoms with Gasteiger partial charge in [0.25, 0.3) is 5.91 Å². The van der Waals surface area contributed by atoms with E-state index in [1.165, 1.54) is 6.21 Å². The zero-order valence-corrected chi connectivity index (χ0v) is 12.9. The van der Waals surface area contributed by atoms with E-state index in [1.807, 2.05) is 36.4 Å². The smallest absolute Gasteiger partial charge is 0.258 e. The van der Waals surface area contributed by atoms with Gasteiger partial charge < -0.3 is 21.2 Å². The highest BCUT2D eigenvalue weighted by atomic mass is 16.5. The van der Waals surface area contributed by atoms with E-state index in [-0.39, 0.29) is 24.6 Å². The molecule has 1 amide bonds. The first-order valence-corrected chi connectivity index (χ1v) is 7.87. The Hall–Kier alpha value is -2.40. The zero-order valence-electron chi connectivity index (χ0n) is 12.9. The Labute approximate surface area is 135 Å². The Bertz CT molecular complexity index is 729. The molecule has 3 rings (SSSR count). The summed E-state index contributed by atoms with van der Waals surface area (Å²) in [6.45, 7) is -0.0142. The van der Waals surface area contributed by atoms with E-state index in [9.17, 15) is 4.79 Å². The number of amides is 1. The van der Waals surface area contributed by atoms with Crippen molar-refractivity contribution >= 4 is 22.9 Å². The van der Waals surface area contributed by atoms with Crippen molar-refractivity contribution in [2.24, 2.45) is 5.73 Å². The van der Waals surface area contributed by atoms with Gasteiger partial charge in [-0.1, -0.05) is 24.3 Å². The standard InChI is InChI=1S/C18H21N3O2/c19-10-12-5-8-17(16-4-2-1-3-15(12)16)23-11-18(22)21-14-7-6-13(20)9-14/h1-5,8,10,13-14,19H,6-7,9,11,20H2,(H,21,22). The SMILES string of the molecule is N=Cc1ccc(OCC(=O)NC2CCC(N)C2)c2ccccc12. The quantitative estimate of drug-likeness (QED) is 0.740. The molecule has 1 aliphatic rings. The van der Waals surface area contributed by atoms with Crippen LogP contribution in [0.4, 0.5) is 0 Å². The molecule has 0 aliphatic heterocycles. The predicted molar refractivity (Wildman–Crippen MR) is 91.1 cm³/mol. The summed E-state index contributed by atoms with van der Waals surface area (Å²) >= 11 is 0. The van der Waals surface area contributed by atoms with E-state index in [0.717, 1.165) is 35.6 Å². The van der Waals surface area contributed by atoms with Gasteiger partial charge in [0.05, 0.1) is 0 Å². The number of nitrogens with two attached hydrogens (primary N) is 1. The molecular weight excluding hydrogens is 290 g/mol. The number of fused-ring (bicyclic) bond motifs is 1. The van der Waals surface area contributed by atoms with Gasteiger partial charge in [-0.3, -0.25) is 4.79 Å². The largest absolute Gasteiger partial charge is 0.483 e. The fourth-order valence-corrected chi connectivity index (χ4v) is 3.11. The maximum Gasteiger partial charge on any atom is 0.258 e. The molecular formula is C18H21N3O2. The van der Waals surface area contributed by atoms with Crippen molar-refractivity contribution in [2.45, 2.75) is 31.3 Å². The number of rotatable bonds is 5. The summed E-state index contributed by atoms with van der Waals surface area (Å²) in [6.07, 6.45) is 4.05. The Morgan fingerprint density at radius 2 is 2.04 bits per heavy atom. The molecule has 2 aromatic carbocycles. The molecule has 1 saturated carbocycles. The summed E-state index contributed by atoms with van der Waals surface area (Å²) in [5.74, 6) is 0.536. The van der Waals surface area contributed by atoms with Gasteiger partial charge in [0.2, 0.25) is 0 Å². The first kappa shape index (κ1) is 15.5. The van der Waals surface area contributed by atoms with Gasteiger partial charge in [-0.15, -0.1) is 0 Å². The molecule has 1 aliphatic carbocycles. The van der Waals surface area contributed by atoms with Crippen molar-refractivity contribution in [1.82, 2.24) is 5.32 Å². The highest BCUT2D eigenvalue weighted by Crippen LogP contribution is 2.27. The minimum absolute atomic E-state index is 0.0142. The Balaban J connectivity index is 1.67. The average molecular weight is 311 g/mol. The van der Waals surface area contributed by atoms with Crippen LogP contribution in [0.25, 0.3) is 10.8 Å². The van der Waals surface area contributed by atoms with E-state index in [2.05, 4.69) is 5.32 Å². The molecule has 2 atom stereocenters. The normalized spacial score (nSPS) is 20.4. The second-order valence-electron chi connectivity index (χ2n) is 5.97. The summed E-state index contributed by atoms with van der Waals surface area (Å²) in [4.78, 5) is 12.0. The first-order valence-electron chi connectivity index (χ1n) is 7.87. The molecule has 0 bridgehead atoms. The fraction of sp³-hybridized carbons (Fsp3) is 0.333. The average Bonchev–Trinajstić information content (AvgIpc) is 2.97. The van der Waals surface area contributed by atoms with Crippen LogP contribution in [-0.4, -0.2) is 30.8 Å². The van der Waals surface area contributed by atoms with E-state index in [1.54, 1.807) is 0 Å². The lowest BCUT2D eigenvalue weighted by atomic mass is 10.0. The van der Waals surface area contributed by atoms with Crippen LogP contribution in [0.2, 0.25) is 0 Å². The van der Waals surface area contributed by atoms with Crippen molar-refractivity contribution in [2.75, 3.05) is 6.61 Å². The summed E-state index contributed by atoms with van der Waals surface area (Å²) < 4.78 is 5.70. The number of hydrogen-bond donors (Lipinski definition) is 3. The monoisotopic (exact) mass is 311 g/mol. The summed E-state index contributed by atoms with van der Waals surface area (Å²) in [5.41, 5.74) is 6.69. The van der Waals surface area contributed by atoms with E-state index in [0.29, 0.717) is 5.75 Å². The van der Waals surface area contributed by atoms with Crippen molar-refractivity contribution < 1.29 is 9.53 Å². The van der Waals surface area contributed by atoms with Gasteiger partial charge in [-0.25, -0.2) is 0 Å². The van der Waals surface area contributed by atoms with Gasteiger partial charge in [0.1, 0.15) is 5.75 Å². The third kappa shape index (κ3) is 3.51. The molecule has 120 valence electrons. The Kier molecular flexibility index (Phi) is 4.57. The topological polar surface area (TPSA) is 88.2 Å². The van der Waals surface area contributed by atoms with E-state index in [4.69, 9.17) is 15.9 Å².